The van der Waals surface area contributed by atoms with Gasteiger partial charge in [-0.2, -0.15) is 0 Å². The van der Waals surface area contributed by atoms with Gasteiger partial charge in [-0.3, -0.25) is 4.79 Å². The van der Waals surface area contributed by atoms with Crippen molar-refractivity contribution in [2.24, 2.45) is 0 Å². The summed E-state index contributed by atoms with van der Waals surface area (Å²) in [5, 5.41) is 0. The molecule has 0 aromatic heterocycles. The number of aryl methyl sites for hydroxylation is 1. The molecule has 0 radical (unpaired) electrons. The highest BCUT2D eigenvalue weighted by molar-refractivity contribution is 5.86. The lowest BCUT2D eigenvalue weighted by atomic mass is 9.79. The van der Waals surface area contributed by atoms with Crippen LogP contribution in [-0.2, 0) is 11.2 Å². The third kappa shape index (κ3) is 2.85. The molecule has 1 heteroatoms. The summed E-state index contributed by atoms with van der Waals surface area (Å²) in [4.78, 5) is 12.2. The van der Waals surface area contributed by atoms with Crippen molar-refractivity contribution in [3.05, 3.63) is 48.0 Å². The average molecular weight is 228 g/mol. The van der Waals surface area contributed by atoms with E-state index in [4.69, 9.17) is 0 Å². The van der Waals surface area contributed by atoms with Gasteiger partial charge in [0.1, 0.15) is 5.78 Å². The molecule has 0 saturated heterocycles. The van der Waals surface area contributed by atoms with Crippen LogP contribution in [0.2, 0.25) is 0 Å². The monoisotopic (exact) mass is 228 g/mol. The van der Waals surface area contributed by atoms with Crippen molar-refractivity contribution in [3.63, 3.8) is 0 Å². The predicted octanol–water partition coefficient (Wildman–Crippen LogP) is 4.03. The van der Waals surface area contributed by atoms with Crippen molar-refractivity contribution in [3.8, 4) is 0 Å². The van der Waals surface area contributed by atoms with Gasteiger partial charge < -0.3 is 0 Å². The second kappa shape index (κ2) is 5.81. The fraction of sp³-hybridized carbons (Fsp3) is 0.438. The van der Waals surface area contributed by atoms with Gasteiger partial charge in [-0.05, 0) is 43.2 Å². The van der Waals surface area contributed by atoms with Crippen LogP contribution >= 0.6 is 0 Å². The first-order chi connectivity index (χ1) is 8.33. The van der Waals surface area contributed by atoms with E-state index in [-0.39, 0.29) is 5.92 Å². The molecule has 0 bridgehead atoms. The van der Waals surface area contributed by atoms with Gasteiger partial charge in [0, 0.05) is 12.3 Å². The molecule has 1 aromatic rings. The number of Topliss-reactive ketones (excluding diaryl/α,β-unsaturated/α-hetero) is 1. The molecule has 1 atom stereocenters. The molecule has 1 aliphatic rings. The van der Waals surface area contributed by atoms with E-state index in [1.165, 1.54) is 11.1 Å². The number of carbonyl (C=O) groups excluding carboxylic acids is 1. The maximum absolute atomic E-state index is 12.2. The van der Waals surface area contributed by atoms with Crippen molar-refractivity contribution < 1.29 is 4.79 Å². The van der Waals surface area contributed by atoms with Crippen molar-refractivity contribution in [1.29, 1.82) is 0 Å². The molecule has 1 aliphatic carbocycles. The number of hydrogen-bond acceptors (Lipinski definition) is 1. The Balaban J connectivity index is 2.07. The molecule has 1 aromatic carbocycles. The number of carbonyl (C=O) groups is 1. The second-order valence-electron chi connectivity index (χ2n) is 4.79. The first-order valence-electron chi connectivity index (χ1n) is 6.54. The maximum atomic E-state index is 12.2. The van der Waals surface area contributed by atoms with Crippen LogP contribution in [0.1, 0.15) is 49.1 Å². The summed E-state index contributed by atoms with van der Waals surface area (Å²) in [5.74, 6) is 0.573. The molecular formula is C16H20O. The zero-order valence-electron chi connectivity index (χ0n) is 10.3. The Kier molecular flexibility index (Phi) is 4.13. The molecule has 2 rings (SSSR count). The van der Waals surface area contributed by atoms with E-state index < -0.39 is 0 Å². The summed E-state index contributed by atoms with van der Waals surface area (Å²) in [6, 6.07) is 8.42. The minimum atomic E-state index is 0.157. The molecule has 1 unspecified atom stereocenters. The Bertz CT molecular complexity index is 406. The maximum Gasteiger partial charge on any atom is 0.140 e. The highest BCUT2D eigenvalue weighted by Gasteiger charge is 2.25. The van der Waals surface area contributed by atoms with Crippen LogP contribution in [0, 0.1) is 0 Å². The van der Waals surface area contributed by atoms with Crippen molar-refractivity contribution in [2.75, 3.05) is 0 Å². The van der Waals surface area contributed by atoms with E-state index in [1.807, 2.05) is 12.1 Å². The summed E-state index contributed by atoms with van der Waals surface area (Å²) in [6.07, 6.45) is 7.79. The van der Waals surface area contributed by atoms with Gasteiger partial charge in [-0.1, -0.05) is 30.3 Å². The molecule has 0 saturated carbocycles. The molecule has 0 N–H and O–H groups in total. The van der Waals surface area contributed by atoms with Crippen molar-refractivity contribution >= 4 is 5.78 Å². The van der Waals surface area contributed by atoms with Gasteiger partial charge in [0.15, 0.2) is 0 Å². The summed E-state index contributed by atoms with van der Waals surface area (Å²) in [6.45, 7) is 3.69. The highest BCUT2D eigenvalue weighted by atomic mass is 16.1. The van der Waals surface area contributed by atoms with Gasteiger partial charge in [0.2, 0.25) is 0 Å². The second-order valence-corrected chi connectivity index (χ2v) is 4.79. The number of benzene rings is 1. The molecule has 1 nitrogen and oxygen atoms in total. The molecular weight excluding hydrogens is 208 g/mol. The number of hydrogen-bond donors (Lipinski definition) is 0. The molecule has 90 valence electrons. The zero-order chi connectivity index (χ0) is 12.1. The Morgan fingerprint density at radius 3 is 3.06 bits per heavy atom. The zero-order valence-corrected chi connectivity index (χ0v) is 10.3. The van der Waals surface area contributed by atoms with Crippen LogP contribution < -0.4 is 0 Å². The van der Waals surface area contributed by atoms with Gasteiger partial charge >= 0.3 is 0 Å². The Morgan fingerprint density at radius 2 is 2.24 bits per heavy atom. The van der Waals surface area contributed by atoms with E-state index in [0.29, 0.717) is 12.2 Å². The molecule has 0 spiro atoms. The van der Waals surface area contributed by atoms with E-state index in [1.54, 1.807) is 0 Å². The van der Waals surface area contributed by atoms with Crippen LogP contribution in [0.5, 0.6) is 0 Å². The molecule has 0 heterocycles. The smallest absolute Gasteiger partial charge is 0.140 e. The lowest BCUT2D eigenvalue weighted by Gasteiger charge is -2.24. The lowest BCUT2D eigenvalue weighted by Crippen LogP contribution is -2.18. The summed E-state index contributed by atoms with van der Waals surface area (Å²) >= 11 is 0. The minimum absolute atomic E-state index is 0.157. The first kappa shape index (κ1) is 12.1. The topological polar surface area (TPSA) is 17.1 Å². The first-order valence-corrected chi connectivity index (χ1v) is 6.54. The molecule has 0 fully saturated rings. The van der Waals surface area contributed by atoms with Crippen LogP contribution in [-0.4, -0.2) is 5.78 Å². The van der Waals surface area contributed by atoms with Crippen molar-refractivity contribution in [1.82, 2.24) is 0 Å². The third-order valence-corrected chi connectivity index (χ3v) is 3.59. The Hall–Kier alpha value is -1.37. The third-order valence-electron chi connectivity index (χ3n) is 3.59. The normalized spacial score (nSPS) is 18.5. The largest absolute Gasteiger partial charge is 0.299 e. The van der Waals surface area contributed by atoms with Crippen LogP contribution in [0.25, 0.3) is 0 Å². The molecule has 0 amide bonds. The summed E-state index contributed by atoms with van der Waals surface area (Å²) in [5.41, 5.74) is 2.66. The lowest BCUT2D eigenvalue weighted by molar-refractivity contribution is -0.120. The van der Waals surface area contributed by atoms with Gasteiger partial charge in [-0.25, -0.2) is 0 Å². The van der Waals surface area contributed by atoms with E-state index in [0.717, 1.165) is 32.1 Å². The van der Waals surface area contributed by atoms with E-state index >= 15 is 0 Å². The minimum Gasteiger partial charge on any atom is -0.299 e. The Morgan fingerprint density at radius 1 is 1.41 bits per heavy atom. The van der Waals surface area contributed by atoms with Crippen LogP contribution in [0.4, 0.5) is 0 Å². The number of allylic oxidation sites excluding steroid dienone is 1. The molecule has 0 aliphatic heterocycles. The number of unbranched alkanes of at least 4 members (excludes halogenated alkanes) is 1. The number of ketones is 1. The average Bonchev–Trinajstić information content (AvgIpc) is 2.38. The predicted molar refractivity (Wildman–Crippen MR) is 71.2 cm³/mol. The fourth-order valence-corrected chi connectivity index (χ4v) is 2.68. The van der Waals surface area contributed by atoms with E-state index in [9.17, 15) is 4.79 Å². The van der Waals surface area contributed by atoms with E-state index in [2.05, 4.69) is 24.8 Å². The fourth-order valence-electron chi connectivity index (χ4n) is 2.68. The van der Waals surface area contributed by atoms with Gasteiger partial charge in [0.05, 0.1) is 0 Å². The van der Waals surface area contributed by atoms with Gasteiger partial charge in [0.25, 0.3) is 0 Å². The summed E-state index contributed by atoms with van der Waals surface area (Å²) < 4.78 is 0. The number of fused-ring (bicyclic) bond motifs is 1. The highest BCUT2D eigenvalue weighted by Crippen LogP contribution is 2.33. The van der Waals surface area contributed by atoms with Crippen molar-refractivity contribution in [2.45, 2.75) is 44.4 Å². The standard InChI is InChI=1S/C16H20O/c1-2-3-4-12-16(17)15-11-7-9-13-8-5-6-10-14(13)15/h2,5-6,8,10,15H,1,3-4,7,9,11-12H2. The van der Waals surface area contributed by atoms with Crippen LogP contribution in [0.3, 0.4) is 0 Å². The SMILES string of the molecule is C=CCCCC(=O)C1CCCc2ccccc21. The summed E-state index contributed by atoms with van der Waals surface area (Å²) in [7, 11) is 0. The molecule has 17 heavy (non-hydrogen) atoms. The van der Waals surface area contributed by atoms with Gasteiger partial charge in [-0.15, -0.1) is 6.58 Å². The quantitative estimate of drug-likeness (QED) is 0.549. The Labute approximate surface area is 104 Å². The van der Waals surface area contributed by atoms with Crippen LogP contribution in [0.15, 0.2) is 36.9 Å². The number of rotatable bonds is 5.